The van der Waals surface area contributed by atoms with E-state index in [0.717, 1.165) is 17.7 Å². The minimum Gasteiger partial charge on any atom is -0.480 e. The minimum atomic E-state index is -0.958. The van der Waals surface area contributed by atoms with Crippen molar-refractivity contribution in [2.24, 2.45) is 0 Å². The fourth-order valence-corrected chi connectivity index (χ4v) is 5.10. The van der Waals surface area contributed by atoms with Gasteiger partial charge in [-0.3, -0.25) is 24.5 Å². The molecule has 274 valence electrons. The van der Waals surface area contributed by atoms with Gasteiger partial charge in [0, 0.05) is 76.7 Å². The number of thiol groups is 1. The molecule has 2 atom stereocenters. The van der Waals surface area contributed by atoms with E-state index in [1.165, 1.54) is 23.8 Å². The number of likely N-dealkylation sites (tertiary alicyclic amines) is 1. The van der Waals surface area contributed by atoms with Crippen molar-refractivity contribution in [3.63, 3.8) is 0 Å². The van der Waals surface area contributed by atoms with Crippen LogP contribution in [-0.2, 0) is 50.9 Å². The van der Waals surface area contributed by atoms with Gasteiger partial charge in [0.25, 0.3) is 0 Å². The summed E-state index contributed by atoms with van der Waals surface area (Å²) < 4.78 is 25.6. The Morgan fingerprint density at radius 3 is 2.40 bits per heavy atom. The standard InChI is InChI=1S/C32H44N6O11S/c1-22(39)34-27(17-50)30(42)47-21-49-32(44)37(3)16-12-25-24(8-5-13-33-25)26-9-4-7-23(35-26)11-15-36(2)31(43)48-20-46-19-45-18-38-14-6-10-28(38)29(40)41/h4-5,7-9,13,27-28,50H,6,10-12,14-21H2,1-3H3,(H,34,39)(H,40,41)/t27-,28-/m0/s1. The molecule has 2 aromatic heterocycles. The number of pyridine rings is 2. The number of hydrogen-bond acceptors (Lipinski definition) is 14. The molecule has 3 amide bonds. The lowest BCUT2D eigenvalue weighted by Crippen LogP contribution is -2.42. The highest BCUT2D eigenvalue weighted by atomic mass is 32.1. The molecular formula is C32H44N6O11S. The zero-order valence-corrected chi connectivity index (χ0v) is 29.2. The van der Waals surface area contributed by atoms with Crippen LogP contribution in [0.2, 0.25) is 0 Å². The fourth-order valence-electron chi connectivity index (χ4n) is 4.86. The predicted octanol–water partition coefficient (Wildman–Crippen LogP) is 1.76. The summed E-state index contributed by atoms with van der Waals surface area (Å²) in [6.45, 7) is 1.49. The van der Waals surface area contributed by atoms with Gasteiger partial charge in [-0.2, -0.15) is 12.6 Å². The quantitative estimate of drug-likeness (QED) is 0.0821. The molecule has 17 nitrogen and oxygen atoms in total. The van der Waals surface area contributed by atoms with E-state index in [0.29, 0.717) is 43.7 Å². The average Bonchev–Trinajstić information content (AvgIpc) is 3.59. The smallest absolute Gasteiger partial charge is 0.412 e. The summed E-state index contributed by atoms with van der Waals surface area (Å²) >= 11 is 4.01. The summed E-state index contributed by atoms with van der Waals surface area (Å²) in [5.41, 5.74) is 2.87. The van der Waals surface area contributed by atoms with Crippen LogP contribution in [0.25, 0.3) is 11.3 Å². The van der Waals surface area contributed by atoms with Gasteiger partial charge in [-0.25, -0.2) is 14.4 Å². The molecule has 0 radical (unpaired) electrons. The van der Waals surface area contributed by atoms with E-state index in [4.69, 9.17) is 28.7 Å². The Morgan fingerprint density at radius 1 is 0.980 bits per heavy atom. The first-order chi connectivity index (χ1) is 24.0. The summed E-state index contributed by atoms with van der Waals surface area (Å²) in [6, 6.07) is 7.70. The van der Waals surface area contributed by atoms with Crippen molar-refractivity contribution in [2.75, 3.05) is 66.6 Å². The Balaban J connectivity index is 1.41. The van der Waals surface area contributed by atoms with Crippen molar-refractivity contribution in [2.45, 2.75) is 44.7 Å². The highest BCUT2D eigenvalue weighted by molar-refractivity contribution is 7.80. The van der Waals surface area contributed by atoms with Gasteiger partial charge in [-0.1, -0.05) is 6.07 Å². The largest absolute Gasteiger partial charge is 0.480 e. The van der Waals surface area contributed by atoms with Crippen molar-refractivity contribution in [1.82, 2.24) is 30.0 Å². The van der Waals surface area contributed by atoms with Gasteiger partial charge in [0.1, 0.15) is 18.8 Å². The van der Waals surface area contributed by atoms with Crippen LogP contribution in [0.15, 0.2) is 36.5 Å². The molecule has 2 N–H and O–H groups in total. The zero-order chi connectivity index (χ0) is 36.5. The topological polar surface area (TPSA) is 199 Å². The van der Waals surface area contributed by atoms with E-state index < -0.39 is 48.9 Å². The van der Waals surface area contributed by atoms with Crippen LogP contribution >= 0.6 is 12.6 Å². The molecular weight excluding hydrogens is 676 g/mol. The first-order valence-corrected chi connectivity index (χ1v) is 16.5. The third kappa shape index (κ3) is 13.1. The monoisotopic (exact) mass is 720 g/mol. The Bertz CT molecular complexity index is 1450. The maximum atomic E-state index is 12.4. The normalized spacial score (nSPS) is 14.8. The molecule has 0 spiro atoms. The third-order valence-electron chi connectivity index (χ3n) is 7.55. The van der Waals surface area contributed by atoms with Crippen molar-refractivity contribution in [1.29, 1.82) is 0 Å². The Morgan fingerprint density at radius 2 is 1.70 bits per heavy atom. The Hall–Kier alpha value is -4.52. The number of likely N-dealkylation sites (N-methyl/N-ethyl adjacent to an activating group) is 2. The molecule has 1 saturated heterocycles. The first kappa shape index (κ1) is 39.9. The highest BCUT2D eigenvalue weighted by Crippen LogP contribution is 2.21. The number of aliphatic carboxylic acids is 1. The number of aromatic nitrogens is 2. The van der Waals surface area contributed by atoms with Crippen LogP contribution in [0.4, 0.5) is 9.59 Å². The maximum absolute atomic E-state index is 12.4. The number of amides is 3. The molecule has 18 heteroatoms. The fraction of sp³-hybridized carbons (Fsp3) is 0.531. The lowest BCUT2D eigenvalue weighted by atomic mass is 10.1. The maximum Gasteiger partial charge on any atom is 0.412 e. The van der Waals surface area contributed by atoms with E-state index in [-0.39, 0.29) is 32.6 Å². The van der Waals surface area contributed by atoms with E-state index in [2.05, 4.69) is 22.9 Å². The van der Waals surface area contributed by atoms with Gasteiger partial charge < -0.3 is 43.9 Å². The van der Waals surface area contributed by atoms with E-state index in [9.17, 15) is 29.1 Å². The summed E-state index contributed by atoms with van der Waals surface area (Å²) in [5, 5.41) is 11.6. The van der Waals surface area contributed by atoms with Crippen molar-refractivity contribution < 1.29 is 52.8 Å². The highest BCUT2D eigenvalue weighted by Gasteiger charge is 2.30. The van der Waals surface area contributed by atoms with Crippen LogP contribution in [0.1, 0.15) is 31.2 Å². The average molecular weight is 721 g/mol. The first-order valence-electron chi connectivity index (χ1n) is 15.8. The van der Waals surface area contributed by atoms with Crippen molar-refractivity contribution in [3.8, 4) is 11.3 Å². The molecule has 0 saturated carbocycles. The Kier molecular flexibility index (Phi) is 16.7. The molecule has 3 rings (SSSR count). The van der Waals surface area contributed by atoms with E-state index in [1.807, 2.05) is 24.3 Å². The number of carbonyl (C=O) groups excluding carboxylic acids is 4. The number of esters is 1. The summed E-state index contributed by atoms with van der Waals surface area (Å²) in [6.07, 6.45) is 2.53. The number of rotatable bonds is 19. The lowest BCUT2D eigenvalue weighted by Gasteiger charge is -2.20. The van der Waals surface area contributed by atoms with Crippen molar-refractivity contribution in [3.05, 3.63) is 47.9 Å². The molecule has 2 aromatic rings. The molecule has 50 heavy (non-hydrogen) atoms. The molecule has 0 aromatic carbocycles. The predicted molar refractivity (Wildman–Crippen MR) is 180 cm³/mol. The second-order valence-electron chi connectivity index (χ2n) is 11.3. The molecule has 0 bridgehead atoms. The van der Waals surface area contributed by atoms with Crippen LogP contribution < -0.4 is 5.32 Å². The molecule has 0 aliphatic carbocycles. The van der Waals surface area contributed by atoms with Gasteiger partial charge in [0.05, 0.1) is 11.4 Å². The minimum absolute atomic E-state index is 0.0236. The van der Waals surface area contributed by atoms with Gasteiger partial charge in [0.2, 0.25) is 12.7 Å². The number of nitrogens with zero attached hydrogens (tertiary/aromatic N) is 5. The summed E-state index contributed by atoms with van der Waals surface area (Å²) in [5.74, 6) is -2.04. The number of ether oxygens (including phenoxy) is 5. The van der Waals surface area contributed by atoms with Gasteiger partial charge >= 0.3 is 24.1 Å². The van der Waals surface area contributed by atoms with Crippen molar-refractivity contribution >= 4 is 42.7 Å². The Labute approximate surface area is 295 Å². The van der Waals surface area contributed by atoms with Gasteiger partial charge in [0.15, 0.2) is 13.6 Å². The summed E-state index contributed by atoms with van der Waals surface area (Å²) in [4.78, 5) is 73.0. The second-order valence-corrected chi connectivity index (χ2v) is 11.6. The van der Waals surface area contributed by atoms with Crippen LogP contribution in [-0.4, -0.2) is 138 Å². The van der Waals surface area contributed by atoms with Crippen LogP contribution in [0, 0.1) is 0 Å². The number of carboxylic acids is 1. The third-order valence-corrected chi connectivity index (χ3v) is 7.92. The molecule has 1 aliphatic heterocycles. The van der Waals surface area contributed by atoms with Gasteiger partial charge in [-0.05, 0) is 37.1 Å². The molecule has 1 aliphatic rings. The van der Waals surface area contributed by atoms with Crippen LogP contribution in [0.5, 0.6) is 0 Å². The lowest BCUT2D eigenvalue weighted by molar-refractivity contribution is -0.155. The number of hydrogen-bond donors (Lipinski definition) is 3. The summed E-state index contributed by atoms with van der Waals surface area (Å²) in [7, 11) is 3.13. The van der Waals surface area contributed by atoms with E-state index in [1.54, 1.807) is 24.2 Å². The van der Waals surface area contributed by atoms with E-state index >= 15 is 0 Å². The number of carbonyl (C=O) groups is 5. The van der Waals surface area contributed by atoms with Gasteiger partial charge in [-0.15, -0.1) is 0 Å². The number of nitrogens with one attached hydrogen (secondary N) is 1. The van der Waals surface area contributed by atoms with Crippen LogP contribution in [0.3, 0.4) is 0 Å². The number of carboxylic acid groups (broad SMARTS) is 1. The second kappa shape index (κ2) is 20.9. The zero-order valence-electron chi connectivity index (χ0n) is 28.3. The molecule has 3 heterocycles. The molecule has 1 fully saturated rings. The molecule has 0 unspecified atom stereocenters. The SMILES string of the molecule is CC(=O)N[C@@H](CS)C(=O)OCOC(=O)N(C)CCc1ncccc1-c1cccc(CCN(C)C(=O)OCOCOCN2CCC[C@H]2C(=O)O)n1.